The Morgan fingerprint density at radius 1 is 1.62 bits per heavy atom. The van der Waals surface area contributed by atoms with E-state index in [1.54, 1.807) is 6.07 Å². The van der Waals surface area contributed by atoms with Crippen molar-refractivity contribution in [2.45, 2.75) is 19.8 Å². The van der Waals surface area contributed by atoms with Crippen LogP contribution in [0, 0.1) is 0 Å². The van der Waals surface area contributed by atoms with Crippen LogP contribution in [-0.4, -0.2) is 5.78 Å². The molecule has 1 aliphatic rings. The second-order valence-corrected chi connectivity index (χ2v) is 3.10. The standard InChI is InChI=1S/C10H9FO2/c1-6(12)9-5-7-3-2-4-8(11)10(7)13-9/h3,5H,2,4H2,1H3. The fraction of sp³-hybridized carbons (Fsp3) is 0.300. The van der Waals surface area contributed by atoms with E-state index >= 15 is 0 Å². The van der Waals surface area contributed by atoms with Crippen LogP contribution in [0.25, 0.3) is 11.9 Å². The van der Waals surface area contributed by atoms with Crippen molar-refractivity contribution in [2.24, 2.45) is 0 Å². The molecule has 0 aromatic carbocycles. The van der Waals surface area contributed by atoms with Crippen LogP contribution in [0.15, 0.2) is 10.5 Å². The second-order valence-electron chi connectivity index (χ2n) is 3.10. The lowest BCUT2D eigenvalue weighted by Gasteiger charge is -1.95. The number of carbonyl (C=O) groups is 1. The quantitative estimate of drug-likeness (QED) is 0.606. The van der Waals surface area contributed by atoms with E-state index in [1.165, 1.54) is 6.92 Å². The van der Waals surface area contributed by atoms with E-state index in [0.29, 0.717) is 18.1 Å². The summed E-state index contributed by atoms with van der Waals surface area (Å²) in [5.74, 6) is -0.195. The molecule has 0 saturated heterocycles. The summed E-state index contributed by atoms with van der Waals surface area (Å²) >= 11 is 0. The number of rotatable bonds is 1. The molecule has 0 radical (unpaired) electrons. The Hall–Kier alpha value is -1.38. The molecule has 1 aromatic heterocycles. The van der Waals surface area contributed by atoms with Crippen LogP contribution < -0.4 is 10.6 Å². The number of ketones is 1. The molecule has 0 amide bonds. The summed E-state index contributed by atoms with van der Waals surface area (Å²) < 4.78 is 18.2. The molecule has 0 fully saturated rings. The van der Waals surface area contributed by atoms with Crippen molar-refractivity contribution in [3.8, 4) is 0 Å². The maximum absolute atomic E-state index is 13.1. The molecule has 0 saturated carbocycles. The molecular formula is C10H9FO2. The van der Waals surface area contributed by atoms with Gasteiger partial charge < -0.3 is 4.42 Å². The van der Waals surface area contributed by atoms with E-state index in [-0.39, 0.29) is 22.8 Å². The Bertz CT molecular complexity index is 468. The summed E-state index contributed by atoms with van der Waals surface area (Å²) in [6.45, 7) is 1.40. The topological polar surface area (TPSA) is 30.2 Å². The number of fused-ring (bicyclic) bond motifs is 1. The monoisotopic (exact) mass is 180 g/mol. The smallest absolute Gasteiger partial charge is 0.194 e. The normalized spacial score (nSPS) is 15.1. The average molecular weight is 180 g/mol. The zero-order chi connectivity index (χ0) is 9.42. The summed E-state index contributed by atoms with van der Waals surface area (Å²) in [6, 6.07) is 1.59. The zero-order valence-electron chi connectivity index (χ0n) is 7.26. The summed E-state index contributed by atoms with van der Waals surface area (Å²) in [7, 11) is 0. The number of furan rings is 1. The van der Waals surface area contributed by atoms with E-state index in [1.807, 2.05) is 6.08 Å². The molecular weight excluding hydrogens is 171 g/mol. The van der Waals surface area contributed by atoms with Crippen molar-refractivity contribution < 1.29 is 13.6 Å². The lowest BCUT2D eigenvalue weighted by atomic mass is 10.1. The SMILES string of the molecule is CC(=O)c1cc2c(o1)=C(F)CCC=2. The third kappa shape index (κ3) is 1.30. The van der Waals surface area contributed by atoms with Crippen LogP contribution in [0.4, 0.5) is 4.39 Å². The van der Waals surface area contributed by atoms with E-state index in [4.69, 9.17) is 4.42 Å². The van der Waals surface area contributed by atoms with Gasteiger partial charge in [0.25, 0.3) is 0 Å². The summed E-state index contributed by atoms with van der Waals surface area (Å²) in [6.07, 6.45) is 2.93. The van der Waals surface area contributed by atoms with Crippen molar-refractivity contribution in [1.82, 2.24) is 0 Å². The Morgan fingerprint density at radius 2 is 2.38 bits per heavy atom. The van der Waals surface area contributed by atoms with Crippen molar-refractivity contribution in [3.05, 3.63) is 22.5 Å². The summed E-state index contributed by atoms with van der Waals surface area (Å²) in [5.41, 5.74) is 0.233. The molecule has 0 spiro atoms. The van der Waals surface area contributed by atoms with Crippen LogP contribution in [0.1, 0.15) is 30.3 Å². The van der Waals surface area contributed by atoms with Gasteiger partial charge in [0.05, 0.1) is 0 Å². The summed E-state index contributed by atoms with van der Waals surface area (Å²) in [4.78, 5) is 10.9. The van der Waals surface area contributed by atoms with Crippen LogP contribution >= 0.6 is 0 Å². The number of carbonyl (C=O) groups excluding carboxylic acids is 1. The minimum absolute atomic E-state index is 0.171. The maximum Gasteiger partial charge on any atom is 0.194 e. The lowest BCUT2D eigenvalue weighted by molar-refractivity contribution is 0.0985. The Kier molecular flexibility index (Phi) is 1.79. The molecule has 0 aliphatic heterocycles. The molecule has 13 heavy (non-hydrogen) atoms. The number of Topliss-reactive ketones (excluding diaryl/α,β-unsaturated/α-hetero) is 1. The molecule has 2 nitrogen and oxygen atoms in total. The van der Waals surface area contributed by atoms with Gasteiger partial charge in [0.1, 0.15) is 5.83 Å². The molecule has 3 heteroatoms. The first-order valence-electron chi connectivity index (χ1n) is 4.18. The van der Waals surface area contributed by atoms with E-state index < -0.39 is 0 Å². The third-order valence-electron chi connectivity index (χ3n) is 2.08. The molecule has 1 aromatic rings. The van der Waals surface area contributed by atoms with Gasteiger partial charge in [-0.05, 0) is 12.5 Å². The average Bonchev–Trinajstić information content (AvgIpc) is 2.49. The highest BCUT2D eigenvalue weighted by Gasteiger charge is 2.11. The minimum Gasteiger partial charge on any atom is -0.450 e. The van der Waals surface area contributed by atoms with E-state index in [2.05, 4.69) is 0 Å². The molecule has 0 bridgehead atoms. The van der Waals surface area contributed by atoms with Crippen LogP contribution in [0.2, 0.25) is 0 Å². The van der Waals surface area contributed by atoms with Crippen molar-refractivity contribution in [2.75, 3.05) is 0 Å². The van der Waals surface area contributed by atoms with Gasteiger partial charge in [-0.15, -0.1) is 0 Å². The molecule has 0 N–H and O–H groups in total. The van der Waals surface area contributed by atoms with Gasteiger partial charge in [0.2, 0.25) is 0 Å². The van der Waals surface area contributed by atoms with Gasteiger partial charge in [0, 0.05) is 18.6 Å². The Morgan fingerprint density at radius 3 is 3.00 bits per heavy atom. The first kappa shape index (κ1) is 8.23. The molecule has 0 unspecified atom stereocenters. The Labute approximate surface area is 74.4 Å². The van der Waals surface area contributed by atoms with Crippen LogP contribution in [0.3, 0.4) is 0 Å². The van der Waals surface area contributed by atoms with Crippen molar-refractivity contribution in [3.63, 3.8) is 0 Å². The second kappa shape index (κ2) is 2.83. The number of hydrogen-bond donors (Lipinski definition) is 0. The maximum atomic E-state index is 13.1. The van der Waals surface area contributed by atoms with Crippen LogP contribution in [-0.2, 0) is 0 Å². The predicted molar refractivity (Wildman–Crippen MR) is 46.2 cm³/mol. The first-order chi connectivity index (χ1) is 6.18. The van der Waals surface area contributed by atoms with Crippen molar-refractivity contribution in [1.29, 1.82) is 0 Å². The van der Waals surface area contributed by atoms with E-state index in [0.717, 1.165) is 0 Å². The zero-order valence-corrected chi connectivity index (χ0v) is 7.26. The fourth-order valence-corrected chi connectivity index (χ4v) is 1.41. The molecule has 0 atom stereocenters. The number of hydrogen-bond acceptors (Lipinski definition) is 2. The van der Waals surface area contributed by atoms with Crippen molar-refractivity contribution >= 4 is 17.7 Å². The predicted octanol–water partition coefficient (Wildman–Crippen LogP) is 1.13. The Balaban J connectivity index is 2.75. The highest BCUT2D eigenvalue weighted by molar-refractivity contribution is 5.91. The molecule has 68 valence electrons. The first-order valence-corrected chi connectivity index (χ1v) is 4.18. The highest BCUT2D eigenvalue weighted by atomic mass is 19.1. The minimum atomic E-state index is -0.259. The summed E-state index contributed by atoms with van der Waals surface area (Å²) in [5, 5.41) is 0.703. The highest BCUT2D eigenvalue weighted by Crippen LogP contribution is 2.09. The molecule has 2 rings (SSSR count). The number of halogens is 1. The molecule has 1 aliphatic carbocycles. The largest absolute Gasteiger partial charge is 0.450 e. The van der Waals surface area contributed by atoms with E-state index in [9.17, 15) is 9.18 Å². The van der Waals surface area contributed by atoms with Gasteiger partial charge in [-0.2, -0.15) is 0 Å². The van der Waals surface area contributed by atoms with Gasteiger partial charge in [-0.25, -0.2) is 4.39 Å². The van der Waals surface area contributed by atoms with Crippen LogP contribution in [0.5, 0.6) is 0 Å². The van der Waals surface area contributed by atoms with Gasteiger partial charge in [0.15, 0.2) is 17.0 Å². The molecule has 1 heterocycles. The third-order valence-corrected chi connectivity index (χ3v) is 2.08. The van der Waals surface area contributed by atoms with Gasteiger partial charge in [-0.1, -0.05) is 6.08 Å². The lowest BCUT2D eigenvalue weighted by Crippen LogP contribution is -2.23. The van der Waals surface area contributed by atoms with Gasteiger partial charge >= 0.3 is 0 Å². The van der Waals surface area contributed by atoms with Gasteiger partial charge in [-0.3, -0.25) is 4.79 Å². The fourth-order valence-electron chi connectivity index (χ4n) is 1.41.